The van der Waals surface area contributed by atoms with Crippen LogP contribution in [0.15, 0.2) is 72.8 Å². The van der Waals surface area contributed by atoms with Gasteiger partial charge in [-0.3, -0.25) is 19.3 Å². The predicted octanol–water partition coefficient (Wildman–Crippen LogP) is 5.16. The van der Waals surface area contributed by atoms with Gasteiger partial charge in [-0.25, -0.2) is 0 Å². The normalized spacial score (nSPS) is 14.7. The van der Waals surface area contributed by atoms with Gasteiger partial charge in [-0.1, -0.05) is 74.5 Å². The lowest BCUT2D eigenvalue weighted by Gasteiger charge is -2.23. The van der Waals surface area contributed by atoms with E-state index in [1.165, 1.54) is 5.56 Å². The predicted molar refractivity (Wildman–Crippen MR) is 138 cm³/mol. The summed E-state index contributed by atoms with van der Waals surface area (Å²) in [5, 5.41) is 20.6. The number of carbonyl (C=O) groups excluding carboxylic acids is 2. The minimum atomic E-state index is -1.14. The quantitative estimate of drug-likeness (QED) is 0.387. The van der Waals surface area contributed by atoms with Gasteiger partial charge in [0.05, 0.1) is 23.1 Å². The van der Waals surface area contributed by atoms with Gasteiger partial charge < -0.3 is 10.2 Å². The molecule has 0 radical (unpaired) electrons. The minimum Gasteiger partial charge on any atom is -0.481 e. The summed E-state index contributed by atoms with van der Waals surface area (Å²) in [6.45, 7) is 4.18. The zero-order valence-electron chi connectivity index (χ0n) is 20.6. The Kier molecular flexibility index (Phi) is 7.65. The van der Waals surface area contributed by atoms with Gasteiger partial charge >= 0.3 is 5.97 Å². The Morgan fingerprint density at radius 1 is 0.833 bits per heavy atom. The second-order valence-electron chi connectivity index (χ2n) is 9.58. The summed E-state index contributed by atoms with van der Waals surface area (Å²) in [7, 11) is 0. The van der Waals surface area contributed by atoms with Gasteiger partial charge in [-0.2, -0.15) is 0 Å². The number of carbonyl (C=O) groups is 3. The first-order chi connectivity index (χ1) is 17.3. The van der Waals surface area contributed by atoms with Crippen molar-refractivity contribution in [1.29, 1.82) is 0 Å². The number of hydrogen-bond donors (Lipinski definition) is 2. The van der Waals surface area contributed by atoms with Crippen molar-refractivity contribution < 1.29 is 24.6 Å². The van der Waals surface area contributed by atoms with Crippen LogP contribution in [-0.4, -0.2) is 45.5 Å². The van der Waals surface area contributed by atoms with Crippen LogP contribution in [0.25, 0.3) is 11.1 Å². The van der Waals surface area contributed by atoms with Crippen LogP contribution in [0.3, 0.4) is 0 Å². The van der Waals surface area contributed by atoms with E-state index < -0.39 is 29.8 Å². The molecule has 0 bridgehead atoms. The van der Waals surface area contributed by atoms with E-state index in [1.807, 2.05) is 18.2 Å². The summed E-state index contributed by atoms with van der Waals surface area (Å²) in [4.78, 5) is 38.2. The molecule has 0 saturated carbocycles. The van der Waals surface area contributed by atoms with Crippen molar-refractivity contribution in [2.75, 3.05) is 6.54 Å². The van der Waals surface area contributed by atoms with E-state index in [-0.39, 0.29) is 25.3 Å². The Hall–Kier alpha value is -3.77. The van der Waals surface area contributed by atoms with Crippen LogP contribution in [0.5, 0.6) is 0 Å². The van der Waals surface area contributed by atoms with Crippen LogP contribution in [0.2, 0.25) is 0 Å². The summed E-state index contributed by atoms with van der Waals surface area (Å²) < 4.78 is 0. The molecule has 3 aromatic rings. The largest absolute Gasteiger partial charge is 0.481 e. The third-order valence-electron chi connectivity index (χ3n) is 6.91. The van der Waals surface area contributed by atoms with Gasteiger partial charge in [0.25, 0.3) is 11.8 Å². The van der Waals surface area contributed by atoms with Gasteiger partial charge in [-0.05, 0) is 59.6 Å². The fourth-order valence-electron chi connectivity index (χ4n) is 4.87. The number of benzene rings is 3. The summed E-state index contributed by atoms with van der Waals surface area (Å²) in [6.07, 6.45) is -0.317. The SMILES string of the molecule is CC(C)c1cc(-c2ccccc2)ccc1CCC(O)C(CCN1C(=O)c2ccccc2C1=O)C(=O)O. The smallest absolute Gasteiger partial charge is 0.309 e. The van der Waals surface area contributed by atoms with E-state index in [0.717, 1.165) is 21.6 Å². The van der Waals surface area contributed by atoms with E-state index in [1.54, 1.807) is 24.3 Å². The number of fused-ring (bicyclic) bond motifs is 1. The van der Waals surface area contributed by atoms with Crippen LogP contribution in [0.1, 0.15) is 64.4 Å². The molecule has 4 rings (SSSR count). The van der Waals surface area contributed by atoms with Crippen LogP contribution in [0, 0.1) is 5.92 Å². The molecule has 6 heteroatoms. The van der Waals surface area contributed by atoms with E-state index >= 15 is 0 Å². The van der Waals surface area contributed by atoms with E-state index in [9.17, 15) is 24.6 Å². The number of aliphatic carboxylic acids is 1. The second kappa shape index (κ2) is 10.9. The number of nitrogens with zero attached hydrogens (tertiary/aromatic N) is 1. The van der Waals surface area contributed by atoms with E-state index in [0.29, 0.717) is 17.5 Å². The van der Waals surface area contributed by atoms with Crippen LogP contribution >= 0.6 is 0 Å². The van der Waals surface area contributed by atoms with Crippen molar-refractivity contribution >= 4 is 17.8 Å². The van der Waals surface area contributed by atoms with Crippen molar-refractivity contribution in [2.45, 2.75) is 45.1 Å². The maximum absolute atomic E-state index is 12.6. The number of imide groups is 1. The molecule has 2 atom stereocenters. The monoisotopic (exact) mass is 485 g/mol. The highest BCUT2D eigenvalue weighted by atomic mass is 16.4. The highest BCUT2D eigenvalue weighted by Gasteiger charge is 2.36. The molecule has 2 amide bonds. The fraction of sp³-hybridized carbons (Fsp3) is 0.300. The Balaban J connectivity index is 1.42. The highest BCUT2D eigenvalue weighted by Crippen LogP contribution is 2.29. The fourth-order valence-corrected chi connectivity index (χ4v) is 4.87. The van der Waals surface area contributed by atoms with E-state index in [4.69, 9.17) is 0 Å². The van der Waals surface area contributed by atoms with Crippen molar-refractivity contribution in [3.8, 4) is 11.1 Å². The van der Waals surface area contributed by atoms with Crippen LogP contribution < -0.4 is 0 Å². The summed E-state index contributed by atoms with van der Waals surface area (Å²) in [6, 6.07) is 23.0. The molecule has 0 spiro atoms. The number of carboxylic acid groups (broad SMARTS) is 1. The summed E-state index contributed by atoms with van der Waals surface area (Å²) >= 11 is 0. The topological polar surface area (TPSA) is 94.9 Å². The Morgan fingerprint density at radius 3 is 2.03 bits per heavy atom. The zero-order chi connectivity index (χ0) is 25.8. The zero-order valence-corrected chi connectivity index (χ0v) is 20.6. The molecule has 1 aliphatic heterocycles. The minimum absolute atomic E-state index is 0.00798. The van der Waals surface area contributed by atoms with E-state index in [2.05, 4.69) is 44.2 Å². The van der Waals surface area contributed by atoms with Crippen molar-refractivity contribution in [1.82, 2.24) is 4.90 Å². The first kappa shape index (κ1) is 25.3. The standard InChI is InChI=1S/C30H31NO5/c1-19(2)26-18-22(20-8-4-3-5-9-20)13-12-21(26)14-15-27(32)25(30(35)36)16-17-31-28(33)23-10-6-7-11-24(23)29(31)34/h3-13,18-19,25,27,32H,14-17H2,1-2H3,(H,35,36). The summed E-state index contributed by atoms with van der Waals surface area (Å²) in [5.74, 6) is -2.79. The molecule has 2 unspecified atom stereocenters. The Labute approximate surface area is 211 Å². The number of rotatable bonds is 10. The maximum Gasteiger partial charge on any atom is 0.309 e. The molecular formula is C30H31NO5. The van der Waals surface area contributed by atoms with Gasteiger partial charge in [0.2, 0.25) is 0 Å². The first-order valence-electron chi connectivity index (χ1n) is 12.3. The molecule has 36 heavy (non-hydrogen) atoms. The van der Waals surface area contributed by atoms with Crippen molar-refractivity contribution in [3.63, 3.8) is 0 Å². The summed E-state index contributed by atoms with van der Waals surface area (Å²) in [5.41, 5.74) is 5.15. The second-order valence-corrected chi connectivity index (χ2v) is 9.58. The van der Waals surface area contributed by atoms with Gasteiger partial charge in [0.15, 0.2) is 0 Å². The lowest BCUT2D eigenvalue weighted by atomic mass is 9.88. The lowest BCUT2D eigenvalue weighted by Crippen LogP contribution is -2.36. The number of amides is 2. The Morgan fingerprint density at radius 2 is 1.44 bits per heavy atom. The molecule has 0 saturated heterocycles. The molecule has 0 aliphatic carbocycles. The molecule has 186 valence electrons. The molecule has 0 fully saturated rings. The third-order valence-corrected chi connectivity index (χ3v) is 6.91. The third kappa shape index (κ3) is 5.24. The van der Waals surface area contributed by atoms with Crippen LogP contribution in [0.4, 0.5) is 0 Å². The number of aryl methyl sites for hydroxylation is 1. The molecule has 3 aromatic carbocycles. The van der Waals surface area contributed by atoms with Gasteiger partial charge in [-0.15, -0.1) is 0 Å². The van der Waals surface area contributed by atoms with Crippen LogP contribution in [-0.2, 0) is 11.2 Å². The number of aliphatic hydroxyl groups excluding tert-OH is 1. The number of aliphatic hydroxyl groups is 1. The number of carboxylic acids is 1. The maximum atomic E-state index is 12.6. The van der Waals surface area contributed by atoms with Gasteiger partial charge in [0.1, 0.15) is 0 Å². The molecule has 1 heterocycles. The average Bonchev–Trinajstić information content (AvgIpc) is 3.12. The molecule has 1 aliphatic rings. The Bertz CT molecular complexity index is 1230. The average molecular weight is 486 g/mol. The lowest BCUT2D eigenvalue weighted by molar-refractivity contribution is -0.146. The van der Waals surface area contributed by atoms with Crippen molar-refractivity contribution in [2.24, 2.45) is 5.92 Å². The highest BCUT2D eigenvalue weighted by molar-refractivity contribution is 6.21. The molecule has 0 aromatic heterocycles. The molecule has 2 N–H and O–H groups in total. The number of hydrogen-bond acceptors (Lipinski definition) is 4. The molecular weight excluding hydrogens is 454 g/mol. The van der Waals surface area contributed by atoms with Crippen molar-refractivity contribution in [3.05, 3.63) is 95.1 Å². The first-order valence-corrected chi connectivity index (χ1v) is 12.3. The van der Waals surface area contributed by atoms with Gasteiger partial charge in [0, 0.05) is 6.54 Å². The molecule has 6 nitrogen and oxygen atoms in total.